The quantitative estimate of drug-likeness (QED) is 0.122. The lowest BCUT2D eigenvalue weighted by atomic mass is 10.0. The Bertz CT molecular complexity index is 1750. The number of thioether (sulfide) groups is 1. The van der Waals surface area contributed by atoms with Crippen LogP contribution >= 0.6 is 27.7 Å². The molecule has 4 aromatic carbocycles. The van der Waals surface area contributed by atoms with Crippen LogP contribution in [0, 0.1) is 5.92 Å². The molecule has 0 saturated heterocycles. The number of para-hydroxylation sites is 2. The van der Waals surface area contributed by atoms with Crippen LogP contribution in [0.15, 0.2) is 117 Å². The molecule has 0 aliphatic carbocycles. The largest absolute Gasteiger partial charge is 0.492 e. The van der Waals surface area contributed by atoms with Gasteiger partial charge in [-0.3, -0.25) is 13.9 Å². The Morgan fingerprint density at radius 2 is 1.52 bits per heavy atom. The highest BCUT2D eigenvalue weighted by Crippen LogP contribution is 2.33. The van der Waals surface area contributed by atoms with Gasteiger partial charge in [0.2, 0.25) is 11.8 Å². The number of hydrogen-bond acceptors (Lipinski definition) is 6. The van der Waals surface area contributed by atoms with Crippen molar-refractivity contribution in [1.82, 2.24) is 10.2 Å². The maximum Gasteiger partial charge on any atom is 0.264 e. The first-order valence-electron chi connectivity index (χ1n) is 15.8. The summed E-state index contributed by atoms with van der Waals surface area (Å²) in [6, 6.07) is 29.4. The molecule has 0 aliphatic rings. The van der Waals surface area contributed by atoms with E-state index in [4.69, 9.17) is 4.74 Å². The van der Waals surface area contributed by atoms with Gasteiger partial charge in [0, 0.05) is 28.9 Å². The van der Waals surface area contributed by atoms with Crippen LogP contribution in [0.4, 0.5) is 5.69 Å². The minimum absolute atomic E-state index is 0.0365. The zero-order chi connectivity index (χ0) is 34.7. The van der Waals surface area contributed by atoms with Gasteiger partial charge in [-0.05, 0) is 78.8 Å². The Morgan fingerprint density at radius 3 is 2.15 bits per heavy atom. The van der Waals surface area contributed by atoms with Crippen LogP contribution < -0.4 is 14.4 Å². The fourth-order valence-corrected chi connectivity index (χ4v) is 7.19. The number of nitrogens with one attached hydrogen (secondary N) is 1. The van der Waals surface area contributed by atoms with Gasteiger partial charge < -0.3 is 15.0 Å². The number of carbonyl (C=O) groups excluding carboxylic acids is 2. The average molecular weight is 753 g/mol. The lowest BCUT2D eigenvalue weighted by Gasteiger charge is -2.34. The normalized spacial score (nSPS) is 12.0. The van der Waals surface area contributed by atoms with Crippen LogP contribution in [0.2, 0.25) is 0 Å². The smallest absolute Gasteiger partial charge is 0.264 e. The molecule has 1 N–H and O–H groups in total. The van der Waals surface area contributed by atoms with Gasteiger partial charge in [0.15, 0.2) is 0 Å². The van der Waals surface area contributed by atoms with Gasteiger partial charge in [-0.1, -0.05) is 84.4 Å². The average Bonchev–Trinajstić information content (AvgIpc) is 3.09. The number of benzene rings is 4. The first kappa shape index (κ1) is 37.0. The van der Waals surface area contributed by atoms with E-state index in [1.54, 1.807) is 48.5 Å². The molecule has 0 unspecified atom stereocenters. The summed E-state index contributed by atoms with van der Waals surface area (Å²) >= 11 is 4.97. The molecule has 0 aliphatic heterocycles. The van der Waals surface area contributed by atoms with E-state index in [-0.39, 0.29) is 35.4 Å². The third-order valence-electron chi connectivity index (χ3n) is 7.58. The Hall–Kier alpha value is -3.80. The van der Waals surface area contributed by atoms with Gasteiger partial charge in [0.1, 0.15) is 18.3 Å². The van der Waals surface area contributed by atoms with Crippen LogP contribution in [0.1, 0.15) is 31.9 Å². The number of nitrogens with zero attached hydrogens (tertiary/aromatic N) is 2. The maximum absolute atomic E-state index is 14.7. The molecule has 48 heavy (non-hydrogen) atoms. The highest BCUT2D eigenvalue weighted by Gasteiger charge is 2.35. The lowest BCUT2D eigenvalue weighted by Crippen LogP contribution is -2.53. The number of halogens is 1. The third kappa shape index (κ3) is 9.87. The summed E-state index contributed by atoms with van der Waals surface area (Å²) in [6.45, 7) is 6.07. The molecule has 0 bridgehead atoms. The van der Waals surface area contributed by atoms with Crippen molar-refractivity contribution in [3.8, 4) is 5.75 Å². The van der Waals surface area contributed by atoms with E-state index in [0.29, 0.717) is 18.9 Å². The van der Waals surface area contributed by atoms with Gasteiger partial charge >= 0.3 is 0 Å². The lowest BCUT2D eigenvalue weighted by molar-refractivity contribution is -0.140. The predicted octanol–water partition coefficient (Wildman–Crippen LogP) is 7.18. The molecule has 1 atom stereocenters. The molecule has 11 heteroatoms. The zero-order valence-corrected chi connectivity index (χ0v) is 30.9. The summed E-state index contributed by atoms with van der Waals surface area (Å²) in [5.74, 6) is -0.328. The molecule has 0 radical (unpaired) electrons. The number of amides is 2. The first-order chi connectivity index (χ1) is 23.0. The molecule has 4 rings (SSSR count). The number of anilines is 1. The Morgan fingerprint density at radius 1 is 0.875 bits per heavy atom. The van der Waals surface area contributed by atoms with Crippen LogP contribution in [-0.4, -0.2) is 57.1 Å². The highest BCUT2D eigenvalue weighted by molar-refractivity contribution is 9.10. The van der Waals surface area contributed by atoms with E-state index >= 15 is 0 Å². The molecule has 8 nitrogen and oxygen atoms in total. The highest BCUT2D eigenvalue weighted by atomic mass is 79.9. The summed E-state index contributed by atoms with van der Waals surface area (Å²) in [4.78, 5) is 31.1. The van der Waals surface area contributed by atoms with Crippen molar-refractivity contribution in [3.05, 3.63) is 119 Å². The van der Waals surface area contributed by atoms with E-state index < -0.39 is 28.5 Å². The molecule has 0 spiro atoms. The van der Waals surface area contributed by atoms with Crippen molar-refractivity contribution < 1.29 is 22.7 Å². The second kappa shape index (κ2) is 17.6. The van der Waals surface area contributed by atoms with Crippen molar-refractivity contribution in [2.24, 2.45) is 5.92 Å². The second-order valence-corrected chi connectivity index (χ2v) is 15.2. The number of ether oxygens (including phenoxy) is 1. The van der Waals surface area contributed by atoms with Crippen LogP contribution in [0.25, 0.3) is 0 Å². The van der Waals surface area contributed by atoms with Gasteiger partial charge in [-0.2, -0.15) is 0 Å². The molecule has 0 aromatic heterocycles. The Kier molecular flexibility index (Phi) is 13.5. The minimum atomic E-state index is -4.26. The van der Waals surface area contributed by atoms with Crippen molar-refractivity contribution in [1.29, 1.82) is 0 Å². The van der Waals surface area contributed by atoms with Crippen LogP contribution in [0.5, 0.6) is 5.75 Å². The van der Waals surface area contributed by atoms with Crippen molar-refractivity contribution in [3.63, 3.8) is 0 Å². The summed E-state index contributed by atoms with van der Waals surface area (Å²) in [6.07, 6.45) is 2.15. The zero-order valence-electron chi connectivity index (χ0n) is 27.6. The van der Waals surface area contributed by atoms with E-state index in [9.17, 15) is 18.0 Å². The number of sulfonamides is 1. The van der Waals surface area contributed by atoms with Crippen molar-refractivity contribution in [2.45, 2.75) is 49.6 Å². The molecule has 0 heterocycles. The van der Waals surface area contributed by atoms with Crippen molar-refractivity contribution in [2.75, 3.05) is 30.3 Å². The molecular weight excluding hydrogens is 710 g/mol. The van der Waals surface area contributed by atoms with E-state index in [2.05, 4.69) is 21.2 Å². The molecule has 2 amide bonds. The summed E-state index contributed by atoms with van der Waals surface area (Å²) < 4.78 is 36.7. The minimum Gasteiger partial charge on any atom is -0.492 e. The monoisotopic (exact) mass is 751 g/mol. The van der Waals surface area contributed by atoms with Gasteiger partial charge in [0.05, 0.1) is 17.2 Å². The molecule has 0 saturated carbocycles. The first-order valence-corrected chi connectivity index (χ1v) is 19.2. The Balaban J connectivity index is 1.83. The third-order valence-corrected chi connectivity index (χ3v) is 10.6. The van der Waals surface area contributed by atoms with E-state index in [1.165, 1.54) is 16.7 Å². The van der Waals surface area contributed by atoms with Crippen LogP contribution in [0.3, 0.4) is 0 Å². The number of carbonyl (C=O) groups is 2. The number of rotatable bonds is 16. The predicted molar refractivity (Wildman–Crippen MR) is 197 cm³/mol. The number of hydrogen-bond donors (Lipinski definition) is 1. The molecule has 254 valence electrons. The molecular formula is C37H42BrN3O5S2. The molecule has 4 aromatic rings. The topological polar surface area (TPSA) is 96.0 Å². The standard InChI is InChI=1S/C37H42BrN3O5S2/c1-5-46-35-14-10-9-13-33(35)41(48(44,45)32-21-19-31(47-4)20-22-32)26-36(42)40(25-29-15-17-30(38)18-16-29)34(37(43)39-24-27(2)3)23-28-11-7-6-8-12-28/h6-22,27,34H,5,23-26H2,1-4H3,(H,39,43)/t34-/m1/s1. The van der Waals surface area contributed by atoms with Crippen LogP contribution in [-0.2, 0) is 32.6 Å². The second-order valence-electron chi connectivity index (χ2n) is 11.6. The Labute approximate surface area is 297 Å². The summed E-state index contributed by atoms with van der Waals surface area (Å²) in [7, 11) is -4.26. The van der Waals surface area contributed by atoms with E-state index in [1.807, 2.05) is 81.6 Å². The fourth-order valence-electron chi connectivity index (χ4n) is 5.09. The molecule has 0 fully saturated rings. The van der Waals surface area contributed by atoms with Gasteiger partial charge in [-0.25, -0.2) is 8.42 Å². The van der Waals surface area contributed by atoms with Gasteiger partial charge in [0.25, 0.3) is 10.0 Å². The summed E-state index contributed by atoms with van der Waals surface area (Å²) in [5, 5.41) is 3.02. The fraction of sp³-hybridized carbons (Fsp3) is 0.297. The van der Waals surface area contributed by atoms with Crippen molar-refractivity contribution >= 4 is 55.2 Å². The van der Waals surface area contributed by atoms with Gasteiger partial charge in [-0.15, -0.1) is 11.8 Å². The van der Waals surface area contributed by atoms with E-state index in [0.717, 1.165) is 24.8 Å². The SMILES string of the molecule is CCOc1ccccc1N(CC(=O)N(Cc1ccc(Br)cc1)[C@H](Cc1ccccc1)C(=O)NCC(C)C)S(=O)(=O)c1ccc(SC)cc1. The maximum atomic E-state index is 14.7. The summed E-state index contributed by atoms with van der Waals surface area (Å²) in [5.41, 5.74) is 1.89.